The summed E-state index contributed by atoms with van der Waals surface area (Å²) in [7, 11) is 1.38. The maximum atomic E-state index is 12.9. The first-order chi connectivity index (χ1) is 15.3. The van der Waals surface area contributed by atoms with Gasteiger partial charge in [0.2, 0.25) is 0 Å². The normalized spacial score (nSPS) is 21.3. The lowest BCUT2D eigenvalue weighted by atomic mass is 10.0. The number of carbonyl (C=O) groups is 1. The van der Waals surface area contributed by atoms with E-state index in [9.17, 15) is 18.0 Å². The molecule has 32 heavy (non-hydrogen) atoms. The molecule has 1 aromatic rings. The minimum absolute atomic E-state index is 0.00333. The molecule has 0 N–H and O–H groups in total. The van der Waals surface area contributed by atoms with E-state index < -0.39 is 12.8 Å². The minimum Gasteiger partial charge on any atom is -0.493 e. The van der Waals surface area contributed by atoms with Crippen LogP contribution in [0.1, 0.15) is 51.5 Å². The van der Waals surface area contributed by atoms with Crippen LogP contribution in [0.4, 0.5) is 18.0 Å². The van der Waals surface area contributed by atoms with Gasteiger partial charge in [0.15, 0.2) is 18.1 Å². The van der Waals surface area contributed by atoms with Gasteiger partial charge in [0.1, 0.15) is 6.17 Å². The van der Waals surface area contributed by atoms with Crippen LogP contribution in [0.3, 0.4) is 0 Å². The van der Waals surface area contributed by atoms with Gasteiger partial charge in [-0.1, -0.05) is 32.0 Å². The first kappa shape index (κ1) is 24.7. The van der Waals surface area contributed by atoms with E-state index in [-0.39, 0.29) is 28.2 Å². The quantitative estimate of drug-likeness (QED) is 0.498. The van der Waals surface area contributed by atoms with E-state index in [1.165, 1.54) is 31.4 Å². The number of likely N-dealkylation sites (tertiary alicyclic amines) is 1. The van der Waals surface area contributed by atoms with Crippen LogP contribution >= 0.6 is 11.8 Å². The van der Waals surface area contributed by atoms with Gasteiger partial charge in [-0.3, -0.25) is 9.69 Å². The lowest BCUT2D eigenvalue weighted by Gasteiger charge is -2.40. The van der Waals surface area contributed by atoms with E-state index in [4.69, 9.17) is 14.6 Å². The van der Waals surface area contributed by atoms with Crippen LogP contribution in [0.5, 0.6) is 11.5 Å². The van der Waals surface area contributed by atoms with E-state index >= 15 is 0 Å². The Morgan fingerprint density at radius 3 is 2.50 bits per heavy atom. The fourth-order valence-electron chi connectivity index (χ4n) is 4.07. The average molecular weight is 474 g/mol. The number of halogens is 3. The maximum absolute atomic E-state index is 12.9. The second-order valence-corrected chi connectivity index (χ2v) is 9.02. The second kappa shape index (κ2) is 10.8. The summed E-state index contributed by atoms with van der Waals surface area (Å²) in [5.41, 5.74) is 1.28. The van der Waals surface area contributed by atoms with Crippen LogP contribution in [-0.2, 0) is 0 Å². The Kier molecular flexibility index (Phi) is 8.32. The molecule has 0 aliphatic carbocycles. The topological polar surface area (TPSA) is 54.4 Å². The molecule has 2 aliphatic heterocycles. The van der Waals surface area contributed by atoms with Gasteiger partial charge in [0.25, 0.3) is 0 Å². The van der Waals surface area contributed by atoms with Gasteiger partial charge in [0.05, 0.1) is 18.1 Å². The van der Waals surface area contributed by atoms with Crippen molar-refractivity contribution in [3.8, 4) is 11.5 Å². The summed E-state index contributed by atoms with van der Waals surface area (Å²) in [5, 5.41) is 6.02. The van der Waals surface area contributed by atoms with Gasteiger partial charge in [-0.25, -0.2) is 5.01 Å². The predicted octanol–water partition coefficient (Wildman–Crippen LogP) is 5.51. The summed E-state index contributed by atoms with van der Waals surface area (Å²) in [6.07, 6.45) is 0.182. The molecule has 1 aromatic carbocycles. The zero-order valence-corrected chi connectivity index (χ0v) is 19.5. The summed E-state index contributed by atoms with van der Waals surface area (Å²) in [6.45, 7) is 4.43. The number of benzene rings is 1. The molecule has 1 amide bonds. The fraction of sp³-hybridized carbons (Fsp3) is 0.636. The molecule has 0 saturated carbocycles. The highest BCUT2D eigenvalue weighted by Gasteiger charge is 2.36. The molecule has 0 bridgehead atoms. The third-order valence-electron chi connectivity index (χ3n) is 5.63. The Morgan fingerprint density at radius 2 is 1.91 bits per heavy atom. The van der Waals surface area contributed by atoms with Crippen molar-refractivity contribution >= 4 is 22.7 Å². The van der Waals surface area contributed by atoms with Crippen molar-refractivity contribution in [2.45, 2.75) is 63.5 Å². The van der Waals surface area contributed by atoms with Gasteiger partial charge < -0.3 is 9.47 Å². The number of hydrogen-bond acceptors (Lipinski definition) is 6. The van der Waals surface area contributed by atoms with E-state index in [0.29, 0.717) is 17.7 Å². The molecule has 3 rings (SSSR count). The summed E-state index contributed by atoms with van der Waals surface area (Å²) >= 11 is 1.22. The van der Waals surface area contributed by atoms with Gasteiger partial charge in [-0.15, -0.1) is 0 Å². The number of alkyl halides is 3. The molecule has 10 heteroatoms. The van der Waals surface area contributed by atoms with Crippen molar-refractivity contribution in [3.63, 3.8) is 0 Å². The highest BCUT2D eigenvalue weighted by Crippen LogP contribution is 2.35. The van der Waals surface area contributed by atoms with Gasteiger partial charge in [-0.05, 0) is 43.9 Å². The number of methoxy groups -OCH3 is 1. The molecular weight excluding hydrogens is 443 g/mol. The monoisotopic (exact) mass is 473 g/mol. The molecule has 2 unspecified atom stereocenters. The highest BCUT2D eigenvalue weighted by atomic mass is 32.2. The number of carbonyl (C=O) groups excluding carboxylic acids is 1. The summed E-state index contributed by atoms with van der Waals surface area (Å²) in [5.74, 6) is 0.208. The Bertz CT molecular complexity index is 828. The smallest absolute Gasteiger partial charge is 0.422 e. The molecule has 2 heterocycles. The van der Waals surface area contributed by atoms with Crippen molar-refractivity contribution in [2.24, 2.45) is 5.10 Å². The Hall–Kier alpha value is -1.94. The third-order valence-corrected chi connectivity index (χ3v) is 6.86. The number of nitrogens with zero attached hydrogens (tertiary/aromatic N) is 3. The molecule has 0 radical (unpaired) electrons. The molecule has 0 aromatic heterocycles. The fourth-order valence-corrected chi connectivity index (χ4v) is 5.05. The van der Waals surface area contributed by atoms with E-state index in [1.807, 2.05) is 13.8 Å². The van der Waals surface area contributed by atoms with Gasteiger partial charge in [0, 0.05) is 18.7 Å². The van der Waals surface area contributed by atoms with Gasteiger partial charge >= 0.3 is 11.4 Å². The molecular formula is C22H30F3N3O3S. The maximum Gasteiger partial charge on any atom is 0.422 e. The summed E-state index contributed by atoms with van der Waals surface area (Å²) in [6, 6.07) is 4.84. The van der Waals surface area contributed by atoms with Crippen molar-refractivity contribution in [3.05, 3.63) is 23.8 Å². The number of hydrogen-bond donors (Lipinski definition) is 0. The lowest BCUT2D eigenvalue weighted by molar-refractivity contribution is -0.153. The standard InChI is InChI=1S/C22H30F3N3O3S/c1-4-18-20(15-9-10-16(30-3)17(13-15)31-14-22(23,24)25)26-28(21(29)32-18)19(5-2)27-11-7-6-8-12-27/h9-10,13,18-19H,4-8,11-12,14H2,1-3H3. The predicted molar refractivity (Wildman–Crippen MR) is 119 cm³/mol. The van der Waals surface area contributed by atoms with Crippen LogP contribution < -0.4 is 9.47 Å². The highest BCUT2D eigenvalue weighted by molar-refractivity contribution is 8.14. The molecule has 1 saturated heterocycles. The van der Waals surface area contributed by atoms with Crippen molar-refractivity contribution in [1.29, 1.82) is 0 Å². The average Bonchev–Trinajstić information content (AvgIpc) is 2.79. The third kappa shape index (κ3) is 5.89. The lowest BCUT2D eigenvalue weighted by Crippen LogP contribution is -2.51. The number of ether oxygens (including phenoxy) is 2. The molecule has 1 fully saturated rings. The summed E-state index contributed by atoms with van der Waals surface area (Å²) < 4.78 is 48.3. The largest absolute Gasteiger partial charge is 0.493 e. The van der Waals surface area contributed by atoms with Crippen LogP contribution in [0.2, 0.25) is 0 Å². The SMILES string of the molecule is CCC1SC(=O)N(C(CC)N2CCCCC2)N=C1c1ccc(OC)c(OCC(F)(F)F)c1. The number of thioether (sulfide) groups is 1. The first-order valence-corrected chi connectivity index (χ1v) is 11.9. The zero-order valence-electron chi connectivity index (χ0n) is 18.7. The number of piperidine rings is 1. The van der Waals surface area contributed by atoms with E-state index in [2.05, 4.69) is 4.90 Å². The Balaban J connectivity index is 1.95. The molecule has 6 nitrogen and oxygen atoms in total. The molecule has 2 atom stereocenters. The molecule has 2 aliphatic rings. The van der Waals surface area contributed by atoms with Crippen molar-refractivity contribution < 1.29 is 27.4 Å². The Morgan fingerprint density at radius 1 is 1.19 bits per heavy atom. The first-order valence-electron chi connectivity index (χ1n) is 11.0. The van der Waals surface area contributed by atoms with Crippen LogP contribution in [0.25, 0.3) is 0 Å². The second-order valence-electron chi connectivity index (χ2n) is 7.87. The van der Waals surface area contributed by atoms with E-state index in [0.717, 1.165) is 32.4 Å². The van der Waals surface area contributed by atoms with E-state index in [1.54, 1.807) is 17.1 Å². The number of rotatable bonds is 8. The number of hydrazone groups is 1. The van der Waals surface area contributed by atoms with Crippen molar-refractivity contribution in [1.82, 2.24) is 9.91 Å². The zero-order chi connectivity index (χ0) is 23.3. The summed E-state index contributed by atoms with van der Waals surface area (Å²) in [4.78, 5) is 15.2. The Labute approximate surface area is 191 Å². The van der Waals surface area contributed by atoms with Crippen LogP contribution in [0, 0.1) is 0 Å². The van der Waals surface area contributed by atoms with Gasteiger partial charge in [-0.2, -0.15) is 18.3 Å². The molecule has 0 spiro atoms. The van der Waals surface area contributed by atoms with Crippen LogP contribution in [0.15, 0.2) is 23.3 Å². The molecule has 178 valence electrons. The van der Waals surface area contributed by atoms with Crippen molar-refractivity contribution in [2.75, 3.05) is 26.8 Å². The number of amides is 1. The minimum atomic E-state index is -4.46. The van der Waals surface area contributed by atoms with Crippen LogP contribution in [-0.4, -0.2) is 65.3 Å².